The Morgan fingerprint density at radius 3 is 2.09 bits per heavy atom. The second-order valence-corrected chi connectivity index (χ2v) is 5.63. The van der Waals surface area contributed by atoms with Crippen LogP contribution in [0.25, 0.3) is 0 Å². The summed E-state index contributed by atoms with van der Waals surface area (Å²) in [5.41, 5.74) is 4.29. The molecule has 0 fully saturated rings. The molecule has 4 N–H and O–H groups in total. The van der Waals surface area contributed by atoms with E-state index in [4.69, 9.17) is 10.4 Å². The zero-order valence-electron chi connectivity index (χ0n) is 13.3. The summed E-state index contributed by atoms with van der Waals surface area (Å²) in [5.74, 6) is -1.04. The lowest BCUT2D eigenvalue weighted by molar-refractivity contribution is -0.131. The van der Waals surface area contributed by atoms with E-state index in [9.17, 15) is 9.59 Å². The molecule has 0 spiro atoms. The number of unbranched alkanes of at least 4 members (excludes halogenated alkanes) is 5. The number of amides is 2. The van der Waals surface area contributed by atoms with Gasteiger partial charge in [0.05, 0.1) is 5.92 Å². The van der Waals surface area contributed by atoms with Gasteiger partial charge in [-0.1, -0.05) is 62.4 Å². The number of hydrogen-bond donors (Lipinski definition) is 4. The quantitative estimate of drug-likeness (QED) is 0.286. The van der Waals surface area contributed by atoms with E-state index in [1.807, 2.05) is 30.3 Å². The van der Waals surface area contributed by atoms with Gasteiger partial charge in [-0.15, -0.1) is 0 Å². The third-order valence-corrected chi connectivity index (χ3v) is 3.90. The summed E-state index contributed by atoms with van der Waals surface area (Å²) in [6.45, 7) is 0. The second-order valence-electron chi connectivity index (χ2n) is 5.63. The van der Waals surface area contributed by atoms with Crippen LogP contribution in [0.2, 0.25) is 0 Å². The van der Waals surface area contributed by atoms with Crippen molar-refractivity contribution in [3.63, 3.8) is 0 Å². The Bertz CT molecular complexity index is 465. The maximum absolute atomic E-state index is 11.8. The lowest BCUT2D eigenvalue weighted by Gasteiger charge is -2.15. The topological polar surface area (TPSA) is 98.7 Å². The number of carbonyl (C=O) groups excluding carboxylic acids is 2. The molecule has 0 heterocycles. The highest BCUT2D eigenvalue weighted by Gasteiger charge is 2.19. The third-order valence-electron chi connectivity index (χ3n) is 3.90. The van der Waals surface area contributed by atoms with E-state index < -0.39 is 0 Å². The van der Waals surface area contributed by atoms with E-state index in [0.29, 0.717) is 12.8 Å². The van der Waals surface area contributed by atoms with Gasteiger partial charge in [0.2, 0.25) is 5.91 Å². The summed E-state index contributed by atoms with van der Waals surface area (Å²) < 4.78 is 0. The summed E-state index contributed by atoms with van der Waals surface area (Å²) in [4.78, 5) is 22.6. The summed E-state index contributed by atoms with van der Waals surface area (Å²) in [6.07, 6.45) is 6.76. The Morgan fingerprint density at radius 2 is 1.48 bits per heavy atom. The normalized spacial score (nSPS) is 11.7. The number of rotatable bonds is 11. The maximum Gasteiger partial charge on any atom is 0.250 e. The van der Waals surface area contributed by atoms with Gasteiger partial charge in [-0.2, -0.15) is 0 Å². The molecular formula is C17H26N2O4. The summed E-state index contributed by atoms with van der Waals surface area (Å²) in [6, 6.07) is 9.46. The van der Waals surface area contributed by atoms with Gasteiger partial charge < -0.3 is 0 Å². The maximum atomic E-state index is 11.8. The van der Waals surface area contributed by atoms with Crippen LogP contribution in [0, 0.1) is 0 Å². The van der Waals surface area contributed by atoms with Gasteiger partial charge in [-0.05, 0) is 18.4 Å². The molecule has 1 aromatic rings. The van der Waals surface area contributed by atoms with Crippen LogP contribution in [0.4, 0.5) is 0 Å². The van der Waals surface area contributed by atoms with Gasteiger partial charge in [-0.25, -0.2) is 11.0 Å². The van der Waals surface area contributed by atoms with Crippen molar-refractivity contribution in [1.29, 1.82) is 0 Å². The van der Waals surface area contributed by atoms with E-state index in [2.05, 4.69) is 0 Å². The zero-order valence-corrected chi connectivity index (χ0v) is 13.3. The molecule has 0 radical (unpaired) electrons. The van der Waals surface area contributed by atoms with Crippen LogP contribution in [0.3, 0.4) is 0 Å². The lowest BCUT2D eigenvalue weighted by atomic mass is 9.92. The predicted octanol–water partition coefficient (Wildman–Crippen LogP) is 2.90. The molecule has 6 heteroatoms. The molecule has 1 atom stereocenters. The van der Waals surface area contributed by atoms with Gasteiger partial charge in [0.15, 0.2) is 0 Å². The molecule has 0 aliphatic carbocycles. The average molecular weight is 322 g/mol. The molecule has 1 unspecified atom stereocenters. The van der Waals surface area contributed by atoms with Crippen LogP contribution in [0.15, 0.2) is 30.3 Å². The second kappa shape index (κ2) is 11.6. The molecule has 128 valence electrons. The lowest BCUT2D eigenvalue weighted by Crippen LogP contribution is -2.26. The first kappa shape index (κ1) is 19.1. The molecular weight excluding hydrogens is 296 g/mol. The van der Waals surface area contributed by atoms with Crippen molar-refractivity contribution in [1.82, 2.24) is 11.0 Å². The molecule has 0 saturated heterocycles. The molecule has 0 saturated carbocycles. The van der Waals surface area contributed by atoms with Crippen molar-refractivity contribution >= 4 is 11.8 Å². The Balaban J connectivity index is 2.21. The number of carbonyl (C=O) groups is 2. The molecule has 2 amide bonds. The minimum atomic E-state index is -0.369. The average Bonchev–Trinajstić information content (AvgIpc) is 2.60. The molecule has 23 heavy (non-hydrogen) atoms. The van der Waals surface area contributed by atoms with Gasteiger partial charge in [0, 0.05) is 6.42 Å². The van der Waals surface area contributed by atoms with Crippen molar-refractivity contribution in [3.05, 3.63) is 35.9 Å². The smallest absolute Gasteiger partial charge is 0.250 e. The van der Waals surface area contributed by atoms with E-state index in [0.717, 1.165) is 44.1 Å². The van der Waals surface area contributed by atoms with Gasteiger partial charge in [-0.3, -0.25) is 20.0 Å². The highest BCUT2D eigenvalue weighted by atomic mass is 16.5. The highest BCUT2D eigenvalue weighted by molar-refractivity contribution is 5.82. The van der Waals surface area contributed by atoms with Crippen LogP contribution < -0.4 is 11.0 Å². The molecule has 0 aliphatic heterocycles. The Labute approximate surface area is 136 Å². The monoisotopic (exact) mass is 322 g/mol. The van der Waals surface area contributed by atoms with Crippen molar-refractivity contribution in [2.45, 2.75) is 57.3 Å². The Morgan fingerprint density at radius 1 is 0.870 bits per heavy atom. The van der Waals surface area contributed by atoms with Crippen molar-refractivity contribution in [2.75, 3.05) is 0 Å². The van der Waals surface area contributed by atoms with Gasteiger partial charge in [0.1, 0.15) is 0 Å². The van der Waals surface area contributed by atoms with Crippen LogP contribution in [0.1, 0.15) is 62.8 Å². The van der Waals surface area contributed by atoms with E-state index in [1.54, 1.807) is 11.0 Å². The largest absolute Gasteiger partial charge is 0.289 e. The fourth-order valence-electron chi connectivity index (χ4n) is 2.61. The molecule has 0 aromatic heterocycles. The molecule has 1 aromatic carbocycles. The van der Waals surface area contributed by atoms with Crippen molar-refractivity contribution in [2.24, 2.45) is 0 Å². The summed E-state index contributed by atoms with van der Waals surface area (Å²) >= 11 is 0. The molecule has 1 rings (SSSR count). The minimum Gasteiger partial charge on any atom is -0.289 e. The zero-order chi connectivity index (χ0) is 16.9. The highest BCUT2D eigenvalue weighted by Crippen LogP contribution is 2.23. The SMILES string of the molecule is O=C(CCCCCCCCC(C(=O)NO)c1ccccc1)NO. The van der Waals surface area contributed by atoms with Crippen molar-refractivity contribution in [3.8, 4) is 0 Å². The number of hydroxylamine groups is 2. The molecule has 6 nitrogen and oxygen atoms in total. The minimum absolute atomic E-state index is 0.325. The summed E-state index contributed by atoms with van der Waals surface area (Å²) in [5, 5.41) is 17.3. The number of benzene rings is 1. The van der Waals surface area contributed by atoms with Gasteiger partial charge >= 0.3 is 0 Å². The van der Waals surface area contributed by atoms with Crippen LogP contribution in [-0.4, -0.2) is 22.2 Å². The molecule has 0 aliphatic rings. The van der Waals surface area contributed by atoms with E-state index in [-0.39, 0.29) is 17.7 Å². The first-order chi connectivity index (χ1) is 11.2. The first-order valence-corrected chi connectivity index (χ1v) is 8.11. The fraction of sp³-hybridized carbons (Fsp3) is 0.529. The Hall–Kier alpha value is -1.92. The third kappa shape index (κ3) is 7.76. The number of nitrogens with one attached hydrogen (secondary N) is 2. The predicted molar refractivity (Wildman–Crippen MR) is 86.0 cm³/mol. The van der Waals surface area contributed by atoms with Crippen LogP contribution in [-0.2, 0) is 9.59 Å². The standard InChI is InChI=1S/C17H26N2O4/c20-16(18-22)13-9-4-2-1-3-8-12-15(17(21)19-23)14-10-6-5-7-11-14/h5-7,10-11,15,22-23H,1-4,8-9,12-13H2,(H,18,20)(H,19,21). The Kier molecular flexibility index (Phi) is 9.66. The van der Waals surface area contributed by atoms with Gasteiger partial charge in [0.25, 0.3) is 5.91 Å². The van der Waals surface area contributed by atoms with Crippen molar-refractivity contribution < 1.29 is 20.0 Å². The fourth-order valence-corrected chi connectivity index (χ4v) is 2.61. The van der Waals surface area contributed by atoms with Crippen LogP contribution in [0.5, 0.6) is 0 Å². The number of hydrogen-bond acceptors (Lipinski definition) is 4. The summed E-state index contributed by atoms with van der Waals surface area (Å²) in [7, 11) is 0. The van der Waals surface area contributed by atoms with Crippen LogP contribution >= 0.6 is 0 Å². The van der Waals surface area contributed by atoms with E-state index >= 15 is 0 Å². The first-order valence-electron chi connectivity index (χ1n) is 8.11. The molecule has 0 bridgehead atoms. The van der Waals surface area contributed by atoms with E-state index in [1.165, 1.54) is 0 Å².